The third-order valence-electron chi connectivity index (χ3n) is 3.80. The van der Waals surface area contributed by atoms with E-state index < -0.39 is 0 Å². The molecule has 116 valence electrons. The van der Waals surface area contributed by atoms with Crippen LogP contribution in [0.25, 0.3) is 0 Å². The van der Waals surface area contributed by atoms with Crippen LogP contribution >= 0.6 is 11.8 Å². The number of carbonyl (C=O) groups is 1. The Morgan fingerprint density at radius 3 is 2.57 bits per heavy atom. The molecule has 0 saturated carbocycles. The maximum absolute atomic E-state index is 12.5. The Hall–Kier alpha value is -0.840. The van der Waals surface area contributed by atoms with Gasteiger partial charge < -0.3 is 10.2 Å². The minimum Gasteiger partial charge on any atom is -0.314 e. The molecule has 4 heteroatoms. The predicted octanol–water partition coefficient (Wildman–Crippen LogP) is 2.91. The molecule has 0 radical (unpaired) electrons. The lowest BCUT2D eigenvalue weighted by atomic mass is 9.98. The third kappa shape index (κ3) is 5.13. The van der Waals surface area contributed by atoms with Gasteiger partial charge in [-0.05, 0) is 24.3 Å². The number of nitrogens with zero attached hydrogens (tertiary/aromatic N) is 1. The molecule has 1 aromatic rings. The largest absolute Gasteiger partial charge is 0.314 e. The lowest BCUT2D eigenvalue weighted by Crippen LogP contribution is -2.45. The van der Waals surface area contributed by atoms with Gasteiger partial charge in [0.05, 0.1) is 0 Å². The van der Waals surface area contributed by atoms with Crippen LogP contribution in [0.15, 0.2) is 29.2 Å². The second-order valence-electron chi connectivity index (χ2n) is 5.69. The Labute approximate surface area is 132 Å². The second-order valence-corrected chi connectivity index (χ2v) is 6.86. The highest BCUT2D eigenvalue weighted by Crippen LogP contribution is 2.20. The first-order valence-corrected chi connectivity index (χ1v) is 8.89. The SMILES string of the molecule is CCCSc1ccc(C(=O)C(C)CN2CCNCC2)cc1. The standard InChI is InChI=1S/C17H26N2OS/c1-3-12-21-16-6-4-15(5-7-16)17(20)14(2)13-19-10-8-18-9-11-19/h4-7,14,18H,3,8-13H2,1-2H3. The molecule has 3 nitrogen and oxygen atoms in total. The van der Waals surface area contributed by atoms with Crippen LogP contribution in [0, 0.1) is 5.92 Å². The number of benzene rings is 1. The Kier molecular flexibility index (Phi) is 6.74. The molecular formula is C17H26N2OS. The van der Waals surface area contributed by atoms with Crippen molar-refractivity contribution in [3.05, 3.63) is 29.8 Å². The normalized spacial score (nSPS) is 17.6. The van der Waals surface area contributed by atoms with E-state index in [4.69, 9.17) is 0 Å². The van der Waals surface area contributed by atoms with Crippen LogP contribution in [0.3, 0.4) is 0 Å². The number of hydrogen-bond donors (Lipinski definition) is 1. The molecule has 1 aliphatic rings. The van der Waals surface area contributed by atoms with Crippen LogP contribution in [0.1, 0.15) is 30.6 Å². The maximum atomic E-state index is 12.5. The highest BCUT2D eigenvalue weighted by molar-refractivity contribution is 7.99. The van der Waals surface area contributed by atoms with E-state index in [2.05, 4.69) is 29.3 Å². The first kappa shape index (κ1) is 16.5. The van der Waals surface area contributed by atoms with Crippen LogP contribution in [0.2, 0.25) is 0 Å². The third-order valence-corrected chi connectivity index (χ3v) is 5.02. The van der Waals surface area contributed by atoms with Crippen molar-refractivity contribution >= 4 is 17.5 Å². The summed E-state index contributed by atoms with van der Waals surface area (Å²) in [4.78, 5) is 16.1. The van der Waals surface area contributed by atoms with Crippen LogP contribution < -0.4 is 5.32 Å². The summed E-state index contributed by atoms with van der Waals surface area (Å²) in [6.07, 6.45) is 1.17. The molecule has 1 unspecified atom stereocenters. The lowest BCUT2D eigenvalue weighted by Gasteiger charge is -2.29. The lowest BCUT2D eigenvalue weighted by molar-refractivity contribution is 0.0887. The number of ketones is 1. The Balaban J connectivity index is 1.88. The van der Waals surface area contributed by atoms with Gasteiger partial charge in [-0.3, -0.25) is 4.79 Å². The van der Waals surface area contributed by atoms with E-state index in [1.165, 1.54) is 11.3 Å². The maximum Gasteiger partial charge on any atom is 0.166 e. The van der Waals surface area contributed by atoms with E-state index in [-0.39, 0.29) is 11.7 Å². The van der Waals surface area contributed by atoms with Crippen LogP contribution in [0.5, 0.6) is 0 Å². The van der Waals surface area contributed by atoms with Gasteiger partial charge in [0.15, 0.2) is 5.78 Å². The summed E-state index contributed by atoms with van der Waals surface area (Å²) in [7, 11) is 0. The fourth-order valence-electron chi connectivity index (χ4n) is 2.58. The summed E-state index contributed by atoms with van der Waals surface area (Å²) in [6.45, 7) is 9.25. The topological polar surface area (TPSA) is 32.3 Å². The zero-order valence-corrected chi connectivity index (χ0v) is 13.9. The molecule has 21 heavy (non-hydrogen) atoms. The highest BCUT2D eigenvalue weighted by atomic mass is 32.2. The average Bonchev–Trinajstić information content (AvgIpc) is 2.53. The summed E-state index contributed by atoms with van der Waals surface area (Å²) in [6, 6.07) is 8.11. The van der Waals surface area contributed by atoms with E-state index in [9.17, 15) is 4.79 Å². The zero-order valence-electron chi connectivity index (χ0n) is 13.1. The first-order chi connectivity index (χ1) is 10.2. The number of thioether (sulfide) groups is 1. The summed E-state index contributed by atoms with van der Waals surface area (Å²) in [5, 5.41) is 3.34. The van der Waals surface area contributed by atoms with Crippen molar-refractivity contribution < 1.29 is 4.79 Å². The van der Waals surface area contributed by atoms with Gasteiger partial charge in [-0.2, -0.15) is 0 Å². The molecule has 0 spiro atoms. The average molecular weight is 306 g/mol. The van der Waals surface area contributed by atoms with Crippen molar-refractivity contribution in [2.75, 3.05) is 38.5 Å². The number of nitrogens with one attached hydrogen (secondary N) is 1. The summed E-state index contributed by atoms with van der Waals surface area (Å²) in [5.41, 5.74) is 0.846. The van der Waals surface area contributed by atoms with Gasteiger partial charge >= 0.3 is 0 Å². The van der Waals surface area contributed by atoms with Crippen LogP contribution in [-0.4, -0.2) is 49.2 Å². The molecule has 1 aliphatic heterocycles. The fourth-order valence-corrected chi connectivity index (χ4v) is 3.35. The zero-order chi connectivity index (χ0) is 15.1. The second kappa shape index (κ2) is 8.57. The molecule has 1 saturated heterocycles. The molecule has 1 aromatic carbocycles. The van der Waals surface area contributed by atoms with Gasteiger partial charge in [0.25, 0.3) is 0 Å². The molecule has 1 atom stereocenters. The van der Waals surface area contributed by atoms with Crippen LogP contribution in [0.4, 0.5) is 0 Å². The number of Topliss-reactive ketones (excluding diaryl/α,β-unsaturated/α-hetero) is 1. The smallest absolute Gasteiger partial charge is 0.166 e. The number of piperazine rings is 1. The van der Waals surface area contributed by atoms with E-state index >= 15 is 0 Å². The van der Waals surface area contributed by atoms with Crippen molar-refractivity contribution in [2.45, 2.75) is 25.2 Å². The van der Waals surface area contributed by atoms with Gasteiger partial charge in [0.2, 0.25) is 0 Å². The van der Waals surface area contributed by atoms with Gasteiger partial charge in [-0.1, -0.05) is 26.0 Å². The van der Waals surface area contributed by atoms with Gasteiger partial charge in [0, 0.05) is 49.1 Å². The van der Waals surface area contributed by atoms with E-state index in [1.807, 2.05) is 30.8 Å². The Bertz CT molecular complexity index is 441. The predicted molar refractivity (Wildman–Crippen MR) is 90.3 cm³/mol. The van der Waals surface area contributed by atoms with Crippen molar-refractivity contribution in [2.24, 2.45) is 5.92 Å². The quantitative estimate of drug-likeness (QED) is 0.620. The van der Waals surface area contributed by atoms with Crippen molar-refractivity contribution in [1.82, 2.24) is 10.2 Å². The van der Waals surface area contributed by atoms with Gasteiger partial charge in [0.1, 0.15) is 0 Å². The number of rotatable bonds is 7. The van der Waals surface area contributed by atoms with Crippen molar-refractivity contribution in [1.29, 1.82) is 0 Å². The molecule has 2 rings (SSSR count). The first-order valence-electron chi connectivity index (χ1n) is 7.91. The summed E-state index contributed by atoms with van der Waals surface area (Å²) < 4.78 is 0. The summed E-state index contributed by atoms with van der Waals surface area (Å²) in [5.74, 6) is 1.46. The molecule has 0 aliphatic carbocycles. The minimum absolute atomic E-state index is 0.0669. The monoisotopic (exact) mass is 306 g/mol. The minimum atomic E-state index is 0.0669. The summed E-state index contributed by atoms with van der Waals surface area (Å²) >= 11 is 1.85. The van der Waals surface area contributed by atoms with Crippen molar-refractivity contribution in [3.8, 4) is 0 Å². The van der Waals surface area contributed by atoms with Crippen molar-refractivity contribution in [3.63, 3.8) is 0 Å². The molecule has 0 amide bonds. The van der Waals surface area contributed by atoms with Gasteiger partial charge in [-0.25, -0.2) is 0 Å². The molecule has 1 heterocycles. The Morgan fingerprint density at radius 2 is 1.95 bits per heavy atom. The van der Waals surface area contributed by atoms with E-state index in [1.54, 1.807) is 0 Å². The highest BCUT2D eigenvalue weighted by Gasteiger charge is 2.19. The van der Waals surface area contributed by atoms with Gasteiger partial charge in [-0.15, -0.1) is 11.8 Å². The molecule has 1 fully saturated rings. The molecule has 1 N–H and O–H groups in total. The number of hydrogen-bond acceptors (Lipinski definition) is 4. The molecule has 0 aromatic heterocycles. The molecular weight excluding hydrogens is 280 g/mol. The van der Waals surface area contributed by atoms with E-state index in [0.717, 1.165) is 44.0 Å². The molecule has 0 bridgehead atoms. The number of carbonyl (C=O) groups excluding carboxylic acids is 1. The Morgan fingerprint density at radius 1 is 1.29 bits per heavy atom. The van der Waals surface area contributed by atoms with Crippen LogP contribution in [-0.2, 0) is 0 Å². The van der Waals surface area contributed by atoms with E-state index in [0.29, 0.717) is 0 Å². The fraction of sp³-hybridized carbons (Fsp3) is 0.588.